The molecule has 1 saturated carbocycles. The Balaban J connectivity index is 1.32. The van der Waals surface area contributed by atoms with Crippen LogP contribution in [0, 0.1) is 5.92 Å². The van der Waals surface area contributed by atoms with Crippen LogP contribution in [0.15, 0.2) is 152 Å². The molecule has 0 aromatic heterocycles. The molecule has 4 atom stereocenters. The van der Waals surface area contributed by atoms with Crippen molar-refractivity contribution < 1.29 is 28.3 Å². The third-order valence-electron chi connectivity index (χ3n) is 9.86. The van der Waals surface area contributed by atoms with Crippen molar-refractivity contribution in [1.29, 1.82) is 0 Å². The molecule has 1 saturated heterocycles. The highest BCUT2D eigenvalue weighted by molar-refractivity contribution is 6.48. The molecule has 7 rings (SSSR count). The number of benzene rings is 5. The fraction of sp³-hybridized carbons (Fsp3) is 0.244. The summed E-state index contributed by atoms with van der Waals surface area (Å²) in [5.74, 6) is -0.218. The molecule has 0 spiro atoms. The summed E-state index contributed by atoms with van der Waals surface area (Å²) in [7, 11) is 2.87. The van der Waals surface area contributed by atoms with Gasteiger partial charge in [0.25, 0.3) is 0 Å². The molecular weight excluding hydrogens is 599 g/mol. The van der Waals surface area contributed by atoms with E-state index in [1.54, 1.807) is 26.4 Å². The van der Waals surface area contributed by atoms with E-state index in [1.165, 1.54) is 0 Å². The van der Waals surface area contributed by atoms with Gasteiger partial charge in [-0.1, -0.05) is 140 Å². The van der Waals surface area contributed by atoms with Gasteiger partial charge in [-0.2, -0.15) is 0 Å². The number of hydrogen-bond acceptors (Lipinski definition) is 6. The van der Waals surface area contributed by atoms with Crippen molar-refractivity contribution >= 4 is 13.1 Å². The molecule has 5 aromatic rings. The van der Waals surface area contributed by atoms with E-state index in [1.807, 2.05) is 91.0 Å². The number of carbonyl (C=O) groups excluding carboxylic acids is 1. The Labute approximate surface area is 282 Å². The van der Waals surface area contributed by atoms with E-state index in [0.29, 0.717) is 5.56 Å². The molecule has 242 valence electrons. The van der Waals surface area contributed by atoms with Crippen LogP contribution in [0.3, 0.4) is 0 Å². The van der Waals surface area contributed by atoms with Crippen molar-refractivity contribution in [2.45, 2.75) is 35.6 Å². The summed E-state index contributed by atoms with van der Waals surface area (Å²) in [4.78, 5) is 12.8. The highest BCUT2D eigenvalue weighted by Crippen LogP contribution is 2.56. The predicted octanol–water partition coefficient (Wildman–Crippen LogP) is 7.69. The molecule has 2 fully saturated rings. The van der Waals surface area contributed by atoms with Gasteiger partial charge >= 0.3 is 13.1 Å². The Morgan fingerprint density at radius 1 is 0.604 bits per heavy atom. The van der Waals surface area contributed by atoms with Crippen LogP contribution in [0.5, 0.6) is 0 Å². The normalized spacial score (nSPS) is 20.8. The summed E-state index contributed by atoms with van der Waals surface area (Å²) in [6.45, 7) is 0.288. The SMILES string of the molecule is COC(c1ccccc1)(c1ccccc1)[C@@H]1OB([C@H]2C[C@@H]2COC(=O)c2ccccc2)O[C@H]1C(OC)(c1ccccc1)c1ccccc1. The lowest BCUT2D eigenvalue weighted by Crippen LogP contribution is -2.56. The third kappa shape index (κ3) is 5.77. The topological polar surface area (TPSA) is 63.2 Å². The van der Waals surface area contributed by atoms with Gasteiger partial charge in [-0.25, -0.2) is 4.79 Å². The molecule has 0 unspecified atom stereocenters. The van der Waals surface area contributed by atoms with Gasteiger partial charge < -0.3 is 23.5 Å². The minimum atomic E-state index is -1.07. The summed E-state index contributed by atoms with van der Waals surface area (Å²) in [5.41, 5.74) is 2.15. The van der Waals surface area contributed by atoms with E-state index in [0.717, 1.165) is 28.7 Å². The fourth-order valence-electron chi connectivity index (χ4n) is 7.36. The van der Waals surface area contributed by atoms with Crippen molar-refractivity contribution in [2.75, 3.05) is 20.8 Å². The second-order valence-corrected chi connectivity index (χ2v) is 12.4. The maximum atomic E-state index is 12.8. The summed E-state index contributed by atoms with van der Waals surface area (Å²) in [6.07, 6.45) is -0.518. The van der Waals surface area contributed by atoms with Crippen molar-refractivity contribution in [1.82, 2.24) is 0 Å². The lowest BCUT2D eigenvalue weighted by atomic mass is 9.71. The van der Waals surface area contributed by atoms with Crippen molar-refractivity contribution in [3.8, 4) is 0 Å². The van der Waals surface area contributed by atoms with Gasteiger partial charge in [0.1, 0.15) is 23.4 Å². The van der Waals surface area contributed by atoms with Crippen LogP contribution in [0.1, 0.15) is 39.0 Å². The largest absolute Gasteiger partial charge is 0.462 e. The minimum Gasteiger partial charge on any atom is -0.462 e. The molecule has 6 nitrogen and oxygen atoms in total. The van der Waals surface area contributed by atoms with Gasteiger partial charge in [0.15, 0.2) is 0 Å². The number of carbonyl (C=O) groups is 1. The molecule has 1 aliphatic heterocycles. The first kappa shape index (κ1) is 32.0. The maximum Gasteiger partial charge on any atom is 0.461 e. The highest BCUT2D eigenvalue weighted by atomic mass is 16.7. The van der Waals surface area contributed by atoms with E-state index in [2.05, 4.69) is 48.5 Å². The molecule has 0 bridgehead atoms. The van der Waals surface area contributed by atoms with Crippen molar-refractivity contribution in [3.63, 3.8) is 0 Å². The first-order chi connectivity index (χ1) is 23.6. The van der Waals surface area contributed by atoms with Gasteiger partial charge in [-0.05, 0) is 46.7 Å². The molecule has 48 heavy (non-hydrogen) atoms. The quantitative estimate of drug-likeness (QED) is 0.103. The highest BCUT2D eigenvalue weighted by Gasteiger charge is 2.65. The number of rotatable bonds is 12. The second kappa shape index (κ2) is 13.9. The monoisotopic (exact) mass is 638 g/mol. The van der Waals surface area contributed by atoms with Crippen LogP contribution in [-0.4, -0.2) is 46.1 Å². The van der Waals surface area contributed by atoms with E-state index in [4.69, 9.17) is 23.5 Å². The number of methoxy groups -OCH3 is 2. The Bertz CT molecular complexity index is 1590. The van der Waals surface area contributed by atoms with Gasteiger partial charge in [-0.3, -0.25) is 0 Å². The molecule has 1 heterocycles. The van der Waals surface area contributed by atoms with Crippen LogP contribution < -0.4 is 0 Å². The maximum absolute atomic E-state index is 12.8. The lowest BCUT2D eigenvalue weighted by molar-refractivity contribution is -0.136. The zero-order valence-corrected chi connectivity index (χ0v) is 27.2. The first-order valence-electron chi connectivity index (χ1n) is 16.5. The van der Waals surface area contributed by atoms with Gasteiger partial charge in [0, 0.05) is 20.0 Å². The van der Waals surface area contributed by atoms with Gasteiger partial charge in [0.2, 0.25) is 0 Å². The van der Waals surface area contributed by atoms with Crippen LogP contribution in [0.2, 0.25) is 5.82 Å². The van der Waals surface area contributed by atoms with Crippen LogP contribution in [0.4, 0.5) is 0 Å². The number of esters is 1. The molecular formula is C41H39BO6. The average molecular weight is 639 g/mol. The van der Waals surface area contributed by atoms with E-state index in [-0.39, 0.29) is 24.3 Å². The molecule has 0 amide bonds. The van der Waals surface area contributed by atoms with Crippen molar-refractivity contribution in [3.05, 3.63) is 179 Å². The predicted molar refractivity (Wildman–Crippen MR) is 185 cm³/mol. The fourth-order valence-corrected chi connectivity index (χ4v) is 7.36. The minimum absolute atomic E-state index is 0.0169. The Morgan fingerprint density at radius 3 is 1.31 bits per heavy atom. The Morgan fingerprint density at radius 2 is 0.958 bits per heavy atom. The summed E-state index contributed by atoms with van der Waals surface area (Å²) < 4.78 is 33.5. The summed E-state index contributed by atoms with van der Waals surface area (Å²) >= 11 is 0. The zero-order chi connectivity index (χ0) is 33.0. The second-order valence-electron chi connectivity index (χ2n) is 12.4. The number of ether oxygens (including phenoxy) is 3. The lowest BCUT2D eigenvalue weighted by Gasteiger charge is -2.47. The van der Waals surface area contributed by atoms with Gasteiger partial charge in [-0.15, -0.1) is 0 Å². The van der Waals surface area contributed by atoms with Gasteiger partial charge in [0.05, 0.1) is 12.2 Å². The molecule has 5 aromatic carbocycles. The number of hydrogen-bond donors (Lipinski definition) is 0. The van der Waals surface area contributed by atoms with E-state index in [9.17, 15) is 4.79 Å². The third-order valence-corrected chi connectivity index (χ3v) is 9.86. The molecule has 0 N–H and O–H groups in total. The summed E-state index contributed by atoms with van der Waals surface area (Å²) in [6, 6.07) is 49.8. The molecule has 2 aliphatic rings. The average Bonchev–Trinajstić information content (AvgIpc) is 3.82. The standard InChI is InChI=1S/C41H39BO6/c1-44-40(32-20-10-4-11-21-32,33-22-12-5-13-23-33)37-38(41(45-2,34-24-14-6-15-25-34)35-26-16-7-17-27-35)48-42(47-37)36-28-31(36)29-46-39(43)30-18-8-3-9-19-30/h3-27,31,36-38H,28-29H2,1-2H3/t31-,36+,37-,38-/m1/s1. The molecule has 7 heteroatoms. The smallest absolute Gasteiger partial charge is 0.461 e. The van der Waals surface area contributed by atoms with Crippen LogP contribution in [-0.2, 0) is 34.7 Å². The van der Waals surface area contributed by atoms with Crippen molar-refractivity contribution in [2.24, 2.45) is 5.92 Å². The van der Waals surface area contributed by atoms with Crippen LogP contribution >= 0.6 is 0 Å². The molecule has 1 aliphatic carbocycles. The molecule has 0 radical (unpaired) electrons. The van der Waals surface area contributed by atoms with E-state index >= 15 is 0 Å². The van der Waals surface area contributed by atoms with E-state index < -0.39 is 30.5 Å². The Hall–Kier alpha value is -4.53. The Kier molecular flexibility index (Phi) is 9.29. The van der Waals surface area contributed by atoms with Crippen LogP contribution in [0.25, 0.3) is 0 Å². The first-order valence-corrected chi connectivity index (χ1v) is 16.5. The zero-order valence-electron chi connectivity index (χ0n) is 27.2. The summed E-state index contributed by atoms with van der Waals surface area (Å²) in [5, 5.41) is 0.